The lowest BCUT2D eigenvalue weighted by Crippen LogP contribution is -2.67. The van der Waals surface area contributed by atoms with Crippen LogP contribution in [0, 0.1) is 0 Å². The molecule has 0 spiro atoms. The van der Waals surface area contributed by atoms with Gasteiger partial charge in [-0.1, -0.05) is 133 Å². The molecule has 0 fully saturated rings. The smallest absolute Gasteiger partial charge is 0.184 e. The van der Waals surface area contributed by atoms with Crippen LogP contribution in [-0.2, 0) is 13.6 Å². The van der Waals surface area contributed by atoms with Crippen molar-refractivity contribution >= 4 is 32.3 Å². The van der Waals surface area contributed by atoms with Crippen LogP contribution in [0.15, 0.2) is 12.3 Å². The Hall–Kier alpha value is 0.328. The number of hydrogen-bond acceptors (Lipinski definition) is 3. The van der Waals surface area contributed by atoms with Gasteiger partial charge in [-0.25, -0.2) is 0 Å². The Labute approximate surface area is 238 Å². The standard InChI is InChI=1S/C30H64O3Si4/c1-20(2)34(21(3)4)36(24(9)10,25(11)12)32-29-18-19-31-28(17)30(29)33-37(26(13)14,27(15)16)35(22(5)6)23(7)8/h18-30H,1-17H3/t28-,29-,30-/m0/s1. The van der Waals surface area contributed by atoms with Crippen LogP contribution in [0.1, 0.15) is 118 Å². The van der Waals surface area contributed by atoms with Crippen molar-refractivity contribution in [2.24, 2.45) is 0 Å². The minimum atomic E-state index is -2.15. The van der Waals surface area contributed by atoms with Crippen LogP contribution in [0.4, 0.5) is 0 Å². The van der Waals surface area contributed by atoms with E-state index < -0.39 is 32.3 Å². The van der Waals surface area contributed by atoms with E-state index in [0.29, 0.717) is 44.3 Å². The molecule has 0 amide bonds. The molecule has 1 heterocycles. The zero-order valence-electron chi connectivity index (χ0n) is 27.7. The molecule has 0 N–H and O–H groups in total. The fourth-order valence-electron chi connectivity index (χ4n) is 7.91. The van der Waals surface area contributed by atoms with Crippen molar-refractivity contribution in [3.8, 4) is 0 Å². The van der Waals surface area contributed by atoms with Gasteiger partial charge in [0, 0.05) is 0 Å². The molecule has 1 aliphatic heterocycles. The fourth-order valence-corrected chi connectivity index (χ4v) is 42.8. The highest BCUT2D eigenvalue weighted by Crippen LogP contribution is 2.47. The summed E-state index contributed by atoms with van der Waals surface area (Å²) in [6.45, 7) is 41.4. The van der Waals surface area contributed by atoms with Crippen molar-refractivity contribution in [1.29, 1.82) is 0 Å². The first-order valence-corrected chi connectivity index (χ1v) is 24.7. The maximum absolute atomic E-state index is 7.73. The monoisotopic (exact) mass is 584 g/mol. The lowest BCUT2D eigenvalue weighted by atomic mass is 10.1. The minimum Gasteiger partial charge on any atom is -0.496 e. The average molecular weight is 585 g/mol. The molecule has 0 saturated carbocycles. The van der Waals surface area contributed by atoms with Gasteiger partial charge in [-0.2, -0.15) is 0 Å². The van der Waals surface area contributed by atoms with E-state index in [1.807, 2.05) is 6.26 Å². The second kappa shape index (κ2) is 14.3. The molecule has 0 unspecified atom stereocenters. The maximum Gasteiger partial charge on any atom is 0.184 e. The van der Waals surface area contributed by atoms with E-state index in [9.17, 15) is 0 Å². The van der Waals surface area contributed by atoms with Gasteiger partial charge in [0.1, 0.15) is 12.2 Å². The minimum absolute atomic E-state index is 0.00162. The summed E-state index contributed by atoms with van der Waals surface area (Å²) in [6.07, 6.45) is 4.07. The van der Waals surface area contributed by atoms with Crippen LogP contribution in [-0.4, -0.2) is 50.6 Å². The largest absolute Gasteiger partial charge is 0.496 e. The number of rotatable bonds is 14. The normalized spacial score (nSPS) is 22.0. The first-order chi connectivity index (χ1) is 16.9. The summed E-state index contributed by atoms with van der Waals surface area (Å²) in [5.41, 5.74) is 5.03. The maximum atomic E-state index is 7.73. The molecule has 0 bridgehead atoms. The van der Waals surface area contributed by atoms with E-state index >= 15 is 0 Å². The van der Waals surface area contributed by atoms with E-state index in [4.69, 9.17) is 13.6 Å². The summed E-state index contributed by atoms with van der Waals surface area (Å²) in [6, 6.07) is 0. The molecule has 2 radical (unpaired) electrons. The molecule has 3 nitrogen and oxygen atoms in total. The van der Waals surface area contributed by atoms with Crippen molar-refractivity contribution in [3.63, 3.8) is 0 Å². The van der Waals surface area contributed by atoms with Gasteiger partial charge in [-0.3, -0.25) is 0 Å². The molecule has 3 atom stereocenters. The predicted molar refractivity (Wildman–Crippen MR) is 173 cm³/mol. The fraction of sp³-hybridized carbons (Fsp3) is 0.933. The van der Waals surface area contributed by atoms with Gasteiger partial charge in [0.05, 0.1) is 29.0 Å². The Bertz CT molecular complexity index is 671. The van der Waals surface area contributed by atoms with Gasteiger partial charge in [-0.15, -0.1) is 0 Å². The van der Waals surface area contributed by atoms with Gasteiger partial charge in [0.2, 0.25) is 0 Å². The molecular formula is C30H64O3Si4. The Morgan fingerprint density at radius 2 is 0.892 bits per heavy atom. The molecule has 0 aromatic heterocycles. The second-order valence-electron chi connectivity index (χ2n) is 14.1. The summed E-state index contributed by atoms with van der Waals surface area (Å²) in [5.74, 6) is 0. The molecule has 0 aromatic rings. The third-order valence-corrected chi connectivity index (χ3v) is 43.8. The molecule has 37 heavy (non-hydrogen) atoms. The van der Waals surface area contributed by atoms with Crippen LogP contribution in [0.3, 0.4) is 0 Å². The van der Waals surface area contributed by atoms with Crippen molar-refractivity contribution < 1.29 is 13.6 Å². The van der Waals surface area contributed by atoms with Gasteiger partial charge >= 0.3 is 0 Å². The first-order valence-electron chi connectivity index (χ1n) is 15.3. The highest BCUT2D eigenvalue weighted by Gasteiger charge is 2.57. The molecule has 7 heteroatoms. The van der Waals surface area contributed by atoms with Crippen LogP contribution in [0.25, 0.3) is 0 Å². The molecule has 0 aliphatic carbocycles. The topological polar surface area (TPSA) is 27.7 Å². The van der Waals surface area contributed by atoms with Crippen molar-refractivity contribution in [2.75, 3.05) is 0 Å². The Morgan fingerprint density at radius 1 is 0.568 bits per heavy atom. The Balaban J connectivity index is 3.74. The van der Waals surface area contributed by atoms with Crippen molar-refractivity contribution in [2.45, 2.75) is 180 Å². The summed E-state index contributed by atoms with van der Waals surface area (Å²) in [7, 11) is -5.74. The zero-order chi connectivity index (χ0) is 29.0. The van der Waals surface area contributed by atoms with Crippen LogP contribution in [0.5, 0.6) is 0 Å². The second-order valence-corrected chi connectivity index (χ2v) is 36.9. The zero-order valence-corrected chi connectivity index (χ0v) is 31.7. The van der Waals surface area contributed by atoms with E-state index in [1.54, 1.807) is 0 Å². The van der Waals surface area contributed by atoms with E-state index in [1.165, 1.54) is 0 Å². The van der Waals surface area contributed by atoms with Crippen LogP contribution < -0.4 is 0 Å². The molecule has 1 aliphatic rings. The Morgan fingerprint density at radius 3 is 1.19 bits per heavy atom. The highest BCUT2D eigenvalue weighted by molar-refractivity contribution is 7.33. The molecule has 1 rings (SSSR count). The lowest BCUT2D eigenvalue weighted by Gasteiger charge is -2.54. The number of ether oxygens (including phenoxy) is 1. The van der Waals surface area contributed by atoms with Gasteiger partial charge in [0.15, 0.2) is 15.7 Å². The van der Waals surface area contributed by atoms with Crippen LogP contribution in [0.2, 0.25) is 44.3 Å². The molecule has 0 saturated heterocycles. The summed E-state index contributed by atoms with van der Waals surface area (Å²) >= 11 is 0. The molecular weight excluding hydrogens is 521 g/mol. The molecule has 0 aromatic carbocycles. The third kappa shape index (κ3) is 7.35. The SMILES string of the molecule is CC(C)[Si](C(C)C)[Si](O[C@H]1[C@H](C)OC=C[C@@H]1O[Si](C(C)C)(C(C)C)[Si](C(C)C)C(C)C)(C(C)C)C(C)C. The third-order valence-electron chi connectivity index (χ3n) is 8.83. The summed E-state index contributed by atoms with van der Waals surface area (Å²) in [5, 5.41) is 0. The first kappa shape index (κ1) is 35.4. The van der Waals surface area contributed by atoms with E-state index in [2.05, 4.69) is 124 Å². The lowest BCUT2D eigenvalue weighted by molar-refractivity contribution is -0.0400. The van der Waals surface area contributed by atoms with Crippen molar-refractivity contribution in [1.82, 2.24) is 0 Å². The van der Waals surface area contributed by atoms with Crippen molar-refractivity contribution in [3.05, 3.63) is 12.3 Å². The number of hydrogen-bond donors (Lipinski definition) is 0. The van der Waals surface area contributed by atoms with E-state index in [-0.39, 0.29) is 18.3 Å². The van der Waals surface area contributed by atoms with Gasteiger partial charge < -0.3 is 13.6 Å². The summed E-state index contributed by atoms with van der Waals surface area (Å²) < 4.78 is 21.6. The van der Waals surface area contributed by atoms with Crippen LogP contribution >= 0.6 is 0 Å². The highest BCUT2D eigenvalue weighted by atomic mass is 29.2. The predicted octanol–water partition coefficient (Wildman–Crippen LogP) is 10.0. The van der Waals surface area contributed by atoms with Gasteiger partial charge in [-0.05, 0) is 35.2 Å². The average Bonchev–Trinajstić information content (AvgIpc) is 2.72. The van der Waals surface area contributed by atoms with Gasteiger partial charge in [0.25, 0.3) is 0 Å². The van der Waals surface area contributed by atoms with E-state index in [0.717, 1.165) is 0 Å². The molecule has 218 valence electrons. The summed E-state index contributed by atoms with van der Waals surface area (Å²) in [4.78, 5) is 0. The quantitative estimate of drug-likeness (QED) is 0.190. The Kier molecular flexibility index (Phi) is 13.7.